The van der Waals surface area contributed by atoms with Gasteiger partial charge in [-0.05, 0) is 57.0 Å². The molecule has 3 heterocycles. The molecule has 0 aromatic heterocycles. The molecule has 0 radical (unpaired) electrons. The molecule has 0 spiro atoms. The Bertz CT molecular complexity index is 418. The van der Waals surface area contributed by atoms with Gasteiger partial charge in [-0.15, -0.1) is 12.4 Å². The van der Waals surface area contributed by atoms with Gasteiger partial charge >= 0.3 is 0 Å². The summed E-state index contributed by atoms with van der Waals surface area (Å²) in [6.07, 6.45) is 5.46. The van der Waals surface area contributed by atoms with Gasteiger partial charge in [-0.25, -0.2) is 0 Å². The summed E-state index contributed by atoms with van der Waals surface area (Å²) in [6, 6.07) is -0.185. The number of fused-ring (bicyclic) bond motifs is 1. The van der Waals surface area contributed by atoms with Crippen LogP contribution in [0.25, 0.3) is 0 Å². The molecule has 132 valence electrons. The number of hydrogen-bond acceptors (Lipinski definition) is 3. The first-order valence-electron chi connectivity index (χ1n) is 8.99. The van der Waals surface area contributed by atoms with Crippen LogP contribution in [0.3, 0.4) is 0 Å². The van der Waals surface area contributed by atoms with Crippen LogP contribution < -0.4 is 5.32 Å². The molecule has 3 atom stereocenters. The second kappa shape index (κ2) is 8.34. The molecule has 3 rings (SSSR count). The molecular formula is C17H30ClN3O2. The Balaban J connectivity index is 0.00000192. The summed E-state index contributed by atoms with van der Waals surface area (Å²) in [5.74, 6) is 1.84. The van der Waals surface area contributed by atoms with Crippen LogP contribution in [0, 0.1) is 11.8 Å². The Kier molecular flexibility index (Phi) is 6.72. The van der Waals surface area contributed by atoms with E-state index >= 15 is 0 Å². The standard InChI is InChI=1S/C17H29N3O2.ClH/c1-2-4-16(21)20-8-3-5-15(20)17(22)19-9-6-13-11-18-12-14(13)7-10-19;/h13-15,18H,2-12H2,1H3;1H/t13-,14+,15?;. The summed E-state index contributed by atoms with van der Waals surface area (Å²) >= 11 is 0. The summed E-state index contributed by atoms with van der Waals surface area (Å²) in [5.41, 5.74) is 0. The second-order valence-electron chi connectivity index (χ2n) is 7.08. The van der Waals surface area contributed by atoms with Crippen molar-refractivity contribution in [2.24, 2.45) is 11.8 Å². The summed E-state index contributed by atoms with van der Waals surface area (Å²) in [4.78, 5) is 29.0. The molecule has 23 heavy (non-hydrogen) atoms. The van der Waals surface area contributed by atoms with Crippen LogP contribution in [0.15, 0.2) is 0 Å². The molecule has 0 aromatic rings. The highest BCUT2D eigenvalue weighted by Crippen LogP contribution is 2.28. The molecule has 2 amide bonds. The maximum Gasteiger partial charge on any atom is 0.245 e. The van der Waals surface area contributed by atoms with Gasteiger partial charge < -0.3 is 15.1 Å². The first kappa shape index (κ1) is 18.5. The average molecular weight is 344 g/mol. The van der Waals surface area contributed by atoms with Crippen molar-refractivity contribution in [3.63, 3.8) is 0 Å². The van der Waals surface area contributed by atoms with Gasteiger partial charge in [0.05, 0.1) is 0 Å². The van der Waals surface area contributed by atoms with Crippen LogP contribution in [0.5, 0.6) is 0 Å². The summed E-state index contributed by atoms with van der Waals surface area (Å²) < 4.78 is 0. The summed E-state index contributed by atoms with van der Waals surface area (Å²) in [5, 5.41) is 3.47. The van der Waals surface area contributed by atoms with Crippen molar-refractivity contribution in [1.82, 2.24) is 15.1 Å². The van der Waals surface area contributed by atoms with Gasteiger partial charge in [-0.2, -0.15) is 0 Å². The number of hydrogen-bond donors (Lipinski definition) is 1. The Labute approximate surface area is 145 Å². The minimum atomic E-state index is -0.185. The SMILES string of the molecule is CCCC(=O)N1CCCC1C(=O)N1CC[C@@H]2CNC[C@@H]2CC1.Cl. The van der Waals surface area contributed by atoms with Crippen LogP contribution in [-0.2, 0) is 9.59 Å². The van der Waals surface area contributed by atoms with Crippen molar-refractivity contribution in [3.8, 4) is 0 Å². The van der Waals surface area contributed by atoms with Crippen LogP contribution in [-0.4, -0.2) is 60.4 Å². The molecule has 0 saturated carbocycles. The lowest BCUT2D eigenvalue weighted by Crippen LogP contribution is -2.48. The smallest absolute Gasteiger partial charge is 0.245 e. The number of carbonyl (C=O) groups is 2. The van der Waals surface area contributed by atoms with E-state index in [4.69, 9.17) is 0 Å². The highest BCUT2D eigenvalue weighted by molar-refractivity contribution is 5.88. The third-order valence-corrected chi connectivity index (χ3v) is 5.65. The first-order valence-corrected chi connectivity index (χ1v) is 8.99. The largest absolute Gasteiger partial charge is 0.341 e. The van der Waals surface area contributed by atoms with E-state index in [1.165, 1.54) is 0 Å². The molecule has 1 unspecified atom stereocenters. The van der Waals surface area contributed by atoms with Crippen LogP contribution >= 0.6 is 12.4 Å². The van der Waals surface area contributed by atoms with Crippen molar-refractivity contribution >= 4 is 24.2 Å². The number of rotatable bonds is 3. The Morgan fingerprint density at radius 2 is 1.70 bits per heavy atom. The van der Waals surface area contributed by atoms with E-state index in [9.17, 15) is 9.59 Å². The molecular weight excluding hydrogens is 314 g/mol. The fourth-order valence-electron chi connectivity index (χ4n) is 4.33. The minimum Gasteiger partial charge on any atom is -0.341 e. The van der Waals surface area contributed by atoms with Crippen LogP contribution in [0.2, 0.25) is 0 Å². The molecule has 0 aliphatic carbocycles. The predicted molar refractivity (Wildman–Crippen MR) is 92.6 cm³/mol. The van der Waals surface area contributed by atoms with Gasteiger partial charge in [0.25, 0.3) is 0 Å². The monoisotopic (exact) mass is 343 g/mol. The number of nitrogens with one attached hydrogen (secondary N) is 1. The Hall–Kier alpha value is -0.810. The lowest BCUT2D eigenvalue weighted by atomic mass is 9.92. The maximum absolute atomic E-state index is 12.9. The number of likely N-dealkylation sites (tertiary alicyclic amines) is 2. The highest BCUT2D eigenvalue weighted by atomic mass is 35.5. The normalized spacial score (nSPS) is 30.6. The topological polar surface area (TPSA) is 52.7 Å². The van der Waals surface area contributed by atoms with Gasteiger partial charge in [0.1, 0.15) is 6.04 Å². The number of carbonyl (C=O) groups excluding carboxylic acids is 2. The van der Waals surface area contributed by atoms with Crippen molar-refractivity contribution in [1.29, 1.82) is 0 Å². The van der Waals surface area contributed by atoms with E-state index in [0.717, 1.165) is 76.7 Å². The van der Waals surface area contributed by atoms with E-state index in [1.807, 2.05) is 16.7 Å². The molecule has 3 fully saturated rings. The average Bonchev–Trinajstić information content (AvgIpc) is 3.13. The quantitative estimate of drug-likeness (QED) is 0.848. The molecule has 6 heteroatoms. The fourth-order valence-corrected chi connectivity index (χ4v) is 4.33. The molecule has 0 aromatic carbocycles. The van der Waals surface area contributed by atoms with Crippen LogP contribution in [0.1, 0.15) is 45.4 Å². The van der Waals surface area contributed by atoms with E-state index in [-0.39, 0.29) is 30.3 Å². The Morgan fingerprint density at radius 1 is 1.04 bits per heavy atom. The zero-order valence-electron chi connectivity index (χ0n) is 14.1. The van der Waals surface area contributed by atoms with Crippen molar-refractivity contribution in [2.75, 3.05) is 32.7 Å². The Morgan fingerprint density at radius 3 is 2.30 bits per heavy atom. The maximum atomic E-state index is 12.9. The number of amides is 2. The van der Waals surface area contributed by atoms with Crippen molar-refractivity contribution < 1.29 is 9.59 Å². The van der Waals surface area contributed by atoms with E-state index in [2.05, 4.69) is 5.32 Å². The molecule has 1 N–H and O–H groups in total. The zero-order chi connectivity index (χ0) is 15.5. The fraction of sp³-hybridized carbons (Fsp3) is 0.882. The number of halogens is 1. The van der Waals surface area contributed by atoms with Gasteiger partial charge in [0.2, 0.25) is 11.8 Å². The molecule has 3 aliphatic rings. The van der Waals surface area contributed by atoms with E-state index in [1.54, 1.807) is 0 Å². The first-order chi connectivity index (χ1) is 10.7. The molecule has 3 saturated heterocycles. The molecule has 0 bridgehead atoms. The van der Waals surface area contributed by atoms with Crippen molar-refractivity contribution in [3.05, 3.63) is 0 Å². The van der Waals surface area contributed by atoms with Gasteiger partial charge in [-0.3, -0.25) is 9.59 Å². The molecule has 5 nitrogen and oxygen atoms in total. The lowest BCUT2D eigenvalue weighted by molar-refractivity contribution is -0.143. The lowest BCUT2D eigenvalue weighted by Gasteiger charge is -2.30. The third-order valence-electron chi connectivity index (χ3n) is 5.65. The van der Waals surface area contributed by atoms with Gasteiger partial charge in [-0.1, -0.05) is 6.92 Å². The second-order valence-corrected chi connectivity index (χ2v) is 7.08. The van der Waals surface area contributed by atoms with Crippen LogP contribution in [0.4, 0.5) is 0 Å². The van der Waals surface area contributed by atoms with E-state index < -0.39 is 0 Å². The van der Waals surface area contributed by atoms with E-state index in [0.29, 0.717) is 6.42 Å². The summed E-state index contributed by atoms with van der Waals surface area (Å²) in [6.45, 7) is 6.74. The highest BCUT2D eigenvalue weighted by Gasteiger charge is 2.38. The zero-order valence-corrected chi connectivity index (χ0v) is 14.9. The third kappa shape index (κ3) is 4.00. The number of nitrogens with zero attached hydrogens (tertiary/aromatic N) is 2. The van der Waals surface area contributed by atoms with Crippen molar-refractivity contribution in [2.45, 2.75) is 51.5 Å². The van der Waals surface area contributed by atoms with Gasteiger partial charge in [0.15, 0.2) is 0 Å². The predicted octanol–water partition coefficient (Wildman–Crippen LogP) is 1.66. The molecule has 3 aliphatic heterocycles. The summed E-state index contributed by atoms with van der Waals surface area (Å²) in [7, 11) is 0. The minimum absolute atomic E-state index is 0. The van der Waals surface area contributed by atoms with Gasteiger partial charge in [0, 0.05) is 26.1 Å².